The first-order chi connectivity index (χ1) is 12.1. The Kier molecular flexibility index (Phi) is 5.14. The van der Waals surface area contributed by atoms with Gasteiger partial charge in [-0.3, -0.25) is 9.59 Å². The van der Waals surface area contributed by atoms with Gasteiger partial charge in [0.15, 0.2) is 0 Å². The zero-order chi connectivity index (χ0) is 17.8. The number of nitrogens with zero attached hydrogens (tertiary/aromatic N) is 1. The minimum atomic E-state index is -0.102. The minimum absolute atomic E-state index is 0.0790. The van der Waals surface area contributed by atoms with Gasteiger partial charge in [0.2, 0.25) is 5.91 Å². The summed E-state index contributed by atoms with van der Waals surface area (Å²) in [4.78, 5) is 25.5. The van der Waals surface area contributed by atoms with Gasteiger partial charge in [0.05, 0.1) is 6.61 Å². The molecule has 130 valence electrons. The van der Waals surface area contributed by atoms with Gasteiger partial charge in [0.25, 0.3) is 5.91 Å². The van der Waals surface area contributed by atoms with Crippen LogP contribution < -0.4 is 10.2 Å². The number of carbonyl (C=O) groups excluding carboxylic acids is 2. The van der Waals surface area contributed by atoms with Crippen LogP contribution in [-0.4, -0.2) is 38.6 Å². The van der Waals surface area contributed by atoms with Gasteiger partial charge in [0, 0.05) is 38.4 Å². The van der Waals surface area contributed by atoms with E-state index in [2.05, 4.69) is 11.4 Å². The number of hydrogen-bond donors (Lipinski definition) is 1. The number of methoxy groups -OCH3 is 1. The van der Waals surface area contributed by atoms with Crippen molar-refractivity contribution < 1.29 is 14.3 Å². The van der Waals surface area contributed by atoms with E-state index < -0.39 is 0 Å². The van der Waals surface area contributed by atoms with Gasteiger partial charge in [0.1, 0.15) is 0 Å². The molecule has 0 fully saturated rings. The van der Waals surface area contributed by atoms with E-state index in [0.717, 1.165) is 29.8 Å². The molecule has 25 heavy (non-hydrogen) atoms. The first-order valence-corrected chi connectivity index (χ1v) is 8.39. The lowest BCUT2D eigenvalue weighted by Gasteiger charge is -2.15. The summed E-state index contributed by atoms with van der Waals surface area (Å²) >= 11 is 0. The molecular formula is C20H22N2O3. The topological polar surface area (TPSA) is 58.6 Å². The second-order valence-corrected chi connectivity index (χ2v) is 6.09. The van der Waals surface area contributed by atoms with Crippen molar-refractivity contribution in [3.63, 3.8) is 0 Å². The fourth-order valence-corrected chi connectivity index (χ4v) is 3.09. The van der Waals surface area contributed by atoms with Crippen LogP contribution in [0.3, 0.4) is 0 Å². The third-order valence-corrected chi connectivity index (χ3v) is 4.43. The molecule has 0 unspecified atom stereocenters. The van der Waals surface area contributed by atoms with Gasteiger partial charge in [-0.25, -0.2) is 0 Å². The normalized spacial score (nSPS) is 12.8. The summed E-state index contributed by atoms with van der Waals surface area (Å²) in [5, 5.41) is 2.81. The van der Waals surface area contributed by atoms with Gasteiger partial charge in [-0.2, -0.15) is 0 Å². The lowest BCUT2D eigenvalue weighted by molar-refractivity contribution is -0.116. The minimum Gasteiger partial charge on any atom is -0.383 e. The molecule has 1 aliphatic heterocycles. The van der Waals surface area contributed by atoms with E-state index in [9.17, 15) is 9.59 Å². The van der Waals surface area contributed by atoms with Crippen LogP contribution in [0.25, 0.3) is 11.1 Å². The molecule has 0 aliphatic carbocycles. The molecule has 2 aromatic carbocycles. The summed E-state index contributed by atoms with van der Waals surface area (Å²) < 4.78 is 4.92. The molecule has 0 atom stereocenters. The highest BCUT2D eigenvalue weighted by molar-refractivity contribution is 5.95. The molecule has 0 radical (unpaired) electrons. The molecule has 1 aliphatic rings. The average molecular weight is 338 g/mol. The Labute approximate surface area is 147 Å². The molecular weight excluding hydrogens is 316 g/mol. The zero-order valence-corrected chi connectivity index (χ0v) is 14.5. The molecule has 1 heterocycles. The van der Waals surface area contributed by atoms with E-state index in [-0.39, 0.29) is 11.8 Å². The fourth-order valence-electron chi connectivity index (χ4n) is 3.09. The summed E-state index contributed by atoms with van der Waals surface area (Å²) in [7, 11) is 1.60. The summed E-state index contributed by atoms with van der Waals surface area (Å²) in [5.74, 6) is -0.0232. The maximum atomic E-state index is 12.0. The number of fused-ring (bicyclic) bond motifs is 1. The number of amides is 2. The van der Waals surface area contributed by atoms with Crippen molar-refractivity contribution in [1.82, 2.24) is 5.32 Å². The van der Waals surface area contributed by atoms with Gasteiger partial charge < -0.3 is 15.0 Å². The van der Waals surface area contributed by atoms with Gasteiger partial charge in [-0.15, -0.1) is 0 Å². The predicted molar refractivity (Wildman–Crippen MR) is 97.8 cm³/mol. The van der Waals surface area contributed by atoms with Crippen LogP contribution in [-0.2, 0) is 16.0 Å². The summed E-state index contributed by atoms with van der Waals surface area (Å²) in [6.45, 7) is 3.33. The molecule has 0 saturated carbocycles. The second kappa shape index (κ2) is 7.49. The van der Waals surface area contributed by atoms with Crippen LogP contribution in [0, 0.1) is 0 Å². The van der Waals surface area contributed by atoms with Crippen LogP contribution in [0.5, 0.6) is 0 Å². The Morgan fingerprint density at radius 2 is 1.84 bits per heavy atom. The van der Waals surface area contributed by atoms with Crippen molar-refractivity contribution in [2.75, 3.05) is 31.7 Å². The fraction of sp³-hybridized carbons (Fsp3) is 0.300. The number of ether oxygens (including phenoxy) is 1. The van der Waals surface area contributed by atoms with Gasteiger partial charge >= 0.3 is 0 Å². The van der Waals surface area contributed by atoms with E-state index in [4.69, 9.17) is 4.74 Å². The largest absolute Gasteiger partial charge is 0.383 e. The summed E-state index contributed by atoms with van der Waals surface area (Å²) in [6, 6.07) is 13.7. The van der Waals surface area contributed by atoms with E-state index in [1.807, 2.05) is 41.3 Å². The lowest BCUT2D eigenvalue weighted by atomic mass is 10.0. The molecule has 1 N–H and O–H groups in total. The maximum Gasteiger partial charge on any atom is 0.251 e. The summed E-state index contributed by atoms with van der Waals surface area (Å²) in [6.07, 6.45) is 0.878. The maximum absolute atomic E-state index is 12.0. The third-order valence-electron chi connectivity index (χ3n) is 4.43. The molecule has 0 bridgehead atoms. The second-order valence-electron chi connectivity index (χ2n) is 6.09. The van der Waals surface area contributed by atoms with Crippen LogP contribution >= 0.6 is 0 Å². The standard InChI is InChI=1S/C20H22N2O3/c1-14(23)22-11-9-18-13-17(7-8-19(18)22)15-3-5-16(6-4-15)20(24)21-10-12-25-2/h3-8,13H,9-12H2,1-2H3,(H,21,24). The molecule has 2 amide bonds. The lowest BCUT2D eigenvalue weighted by Crippen LogP contribution is -2.26. The van der Waals surface area contributed by atoms with Crippen LogP contribution in [0.1, 0.15) is 22.8 Å². The number of rotatable bonds is 5. The van der Waals surface area contributed by atoms with Crippen LogP contribution in [0.4, 0.5) is 5.69 Å². The molecule has 0 spiro atoms. The molecule has 5 nitrogen and oxygen atoms in total. The predicted octanol–water partition coefficient (Wildman–Crippen LogP) is 2.64. The monoisotopic (exact) mass is 338 g/mol. The van der Waals surface area contributed by atoms with E-state index in [0.29, 0.717) is 18.7 Å². The van der Waals surface area contributed by atoms with E-state index >= 15 is 0 Å². The van der Waals surface area contributed by atoms with Crippen LogP contribution in [0.15, 0.2) is 42.5 Å². The highest BCUT2D eigenvalue weighted by Gasteiger charge is 2.22. The highest BCUT2D eigenvalue weighted by Crippen LogP contribution is 2.32. The van der Waals surface area contributed by atoms with E-state index in [1.54, 1.807) is 14.0 Å². The van der Waals surface area contributed by atoms with Crippen molar-refractivity contribution in [3.05, 3.63) is 53.6 Å². The van der Waals surface area contributed by atoms with Gasteiger partial charge in [-0.05, 0) is 47.4 Å². The molecule has 2 aromatic rings. The van der Waals surface area contributed by atoms with Crippen molar-refractivity contribution in [2.24, 2.45) is 0 Å². The zero-order valence-electron chi connectivity index (χ0n) is 14.5. The molecule has 0 aromatic heterocycles. The Morgan fingerprint density at radius 3 is 2.52 bits per heavy atom. The Balaban J connectivity index is 1.75. The number of anilines is 1. The van der Waals surface area contributed by atoms with E-state index in [1.165, 1.54) is 5.56 Å². The Bertz CT molecular complexity index is 784. The Hall–Kier alpha value is -2.66. The third kappa shape index (κ3) is 3.72. The SMILES string of the molecule is COCCNC(=O)c1ccc(-c2ccc3c(c2)CCN3C(C)=O)cc1. The number of nitrogens with one attached hydrogen (secondary N) is 1. The molecule has 3 rings (SSSR count). The molecule has 5 heteroatoms. The van der Waals surface area contributed by atoms with Crippen LogP contribution in [0.2, 0.25) is 0 Å². The van der Waals surface area contributed by atoms with Crippen molar-refractivity contribution >= 4 is 17.5 Å². The number of benzene rings is 2. The van der Waals surface area contributed by atoms with Gasteiger partial charge in [-0.1, -0.05) is 18.2 Å². The number of carbonyl (C=O) groups is 2. The smallest absolute Gasteiger partial charge is 0.251 e. The summed E-state index contributed by atoms with van der Waals surface area (Å²) in [5.41, 5.74) is 4.97. The first-order valence-electron chi connectivity index (χ1n) is 8.39. The van der Waals surface area contributed by atoms with Crippen molar-refractivity contribution in [3.8, 4) is 11.1 Å². The molecule has 0 saturated heterocycles. The van der Waals surface area contributed by atoms with Crippen molar-refractivity contribution in [2.45, 2.75) is 13.3 Å². The average Bonchev–Trinajstić information content (AvgIpc) is 3.05. The highest BCUT2D eigenvalue weighted by atomic mass is 16.5. The Morgan fingerprint density at radius 1 is 1.12 bits per heavy atom. The van der Waals surface area contributed by atoms with Crippen molar-refractivity contribution in [1.29, 1.82) is 0 Å². The quantitative estimate of drug-likeness (QED) is 0.853. The number of hydrogen-bond acceptors (Lipinski definition) is 3. The first kappa shape index (κ1) is 17.2.